The number of rotatable bonds is 5. The number of ether oxygens (including phenoxy) is 1. The van der Waals surface area contributed by atoms with Crippen molar-refractivity contribution in [3.05, 3.63) is 35.4 Å². The van der Waals surface area contributed by atoms with Gasteiger partial charge in [0.15, 0.2) is 0 Å². The summed E-state index contributed by atoms with van der Waals surface area (Å²) in [6, 6.07) is 9.43. The molecule has 1 aromatic rings. The van der Waals surface area contributed by atoms with E-state index in [0.29, 0.717) is 18.9 Å². The Morgan fingerprint density at radius 3 is 3.00 bits per heavy atom. The first-order valence-electron chi connectivity index (χ1n) is 6.46. The second kappa shape index (κ2) is 5.85. The van der Waals surface area contributed by atoms with Crippen LogP contribution < -0.4 is 0 Å². The second-order valence-corrected chi connectivity index (χ2v) is 4.54. The lowest BCUT2D eigenvalue weighted by atomic mass is 9.77. The molecule has 0 unspecified atom stereocenters. The summed E-state index contributed by atoms with van der Waals surface area (Å²) < 4.78 is 4.96. The van der Waals surface area contributed by atoms with E-state index < -0.39 is 0 Å². The van der Waals surface area contributed by atoms with Crippen molar-refractivity contribution in [2.75, 3.05) is 6.61 Å². The highest BCUT2D eigenvalue weighted by Gasteiger charge is 2.22. The van der Waals surface area contributed by atoms with E-state index in [2.05, 4.69) is 12.1 Å². The number of carbonyl (C=O) groups is 1. The number of hydrogen-bond acceptors (Lipinski definition) is 2. The Labute approximate surface area is 103 Å². The van der Waals surface area contributed by atoms with Gasteiger partial charge in [-0.3, -0.25) is 4.79 Å². The van der Waals surface area contributed by atoms with Crippen molar-refractivity contribution in [1.82, 2.24) is 0 Å². The lowest BCUT2D eigenvalue weighted by molar-refractivity contribution is -0.143. The normalized spacial score (nSPS) is 15.4. The minimum Gasteiger partial charge on any atom is -0.466 e. The van der Waals surface area contributed by atoms with Crippen molar-refractivity contribution in [2.24, 2.45) is 0 Å². The summed E-state index contributed by atoms with van der Waals surface area (Å²) in [5, 5.41) is 0. The fourth-order valence-electron chi connectivity index (χ4n) is 2.25. The fraction of sp³-hybridized carbons (Fsp3) is 0.533. The van der Waals surface area contributed by atoms with E-state index in [0.717, 1.165) is 6.42 Å². The fourth-order valence-corrected chi connectivity index (χ4v) is 2.25. The van der Waals surface area contributed by atoms with Crippen LogP contribution in [-0.2, 0) is 16.0 Å². The molecule has 0 bridgehead atoms. The van der Waals surface area contributed by atoms with Gasteiger partial charge in [-0.05, 0) is 49.3 Å². The van der Waals surface area contributed by atoms with Gasteiger partial charge in [0.2, 0.25) is 0 Å². The van der Waals surface area contributed by atoms with E-state index in [4.69, 9.17) is 4.74 Å². The molecule has 0 heterocycles. The summed E-state index contributed by atoms with van der Waals surface area (Å²) in [6.07, 6.45) is 5.12. The Morgan fingerprint density at radius 1 is 1.53 bits per heavy atom. The van der Waals surface area contributed by atoms with Crippen LogP contribution in [0.4, 0.5) is 0 Å². The van der Waals surface area contributed by atoms with Crippen molar-refractivity contribution in [3.63, 3.8) is 0 Å². The zero-order valence-corrected chi connectivity index (χ0v) is 10.4. The van der Waals surface area contributed by atoms with Gasteiger partial charge in [0, 0.05) is 6.42 Å². The van der Waals surface area contributed by atoms with E-state index in [1.54, 1.807) is 0 Å². The van der Waals surface area contributed by atoms with Gasteiger partial charge in [-0.2, -0.15) is 0 Å². The maximum absolute atomic E-state index is 11.3. The van der Waals surface area contributed by atoms with Crippen LogP contribution in [0, 0.1) is 6.07 Å². The molecule has 17 heavy (non-hydrogen) atoms. The van der Waals surface area contributed by atoms with E-state index in [1.807, 2.05) is 19.1 Å². The third-order valence-electron chi connectivity index (χ3n) is 3.40. The average Bonchev–Trinajstić information content (AvgIpc) is 2.26. The van der Waals surface area contributed by atoms with Crippen LogP contribution in [0.3, 0.4) is 0 Å². The van der Waals surface area contributed by atoms with Crippen molar-refractivity contribution >= 4 is 5.97 Å². The van der Waals surface area contributed by atoms with Crippen LogP contribution in [-0.4, -0.2) is 12.6 Å². The second-order valence-electron chi connectivity index (χ2n) is 4.54. The third kappa shape index (κ3) is 3.09. The first kappa shape index (κ1) is 12.2. The SMILES string of the molecule is CCOC(=O)CCc1ccc[c]c1C1CCC1. The van der Waals surface area contributed by atoms with Crippen LogP contribution in [0.2, 0.25) is 0 Å². The summed E-state index contributed by atoms with van der Waals surface area (Å²) in [7, 11) is 0. The van der Waals surface area contributed by atoms with Gasteiger partial charge in [-0.1, -0.05) is 24.6 Å². The smallest absolute Gasteiger partial charge is 0.306 e. The van der Waals surface area contributed by atoms with Crippen molar-refractivity contribution in [1.29, 1.82) is 0 Å². The Hall–Kier alpha value is -1.31. The first-order valence-corrected chi connectivity index (χ1v) is 6.46. The number of hydrogen-bond donors (Lipinski definition) is 0. The minimum atomic E-state index is -0.101. The van der Waals surface area contributed by atoms with E-state index in [-0.39, 0.29) is 5.97 Å². The van der Waals surface area contributed by atoms with Gasteiger partial charge < -0.3 is 4.74 Å². The number of esters is 1. The summed E-state index contributed by atoms with van der Waals surface area (Å²) in [4.78, 5) is 11.3. The van der Waals surface area contributed by atoms with Gasteiger partial charge in [0.1, 0.15) is 0 Å². The van der Waals surface area contributed by atoms with E-state index in [9.17, 15) is 4.79 Å². The van der Waals surface area contributed by atoms with Crippen molar-refractivity contribution < 1.29 is 9.53 Å². The molecular weight excluding hydrogens is 212 g/mol. The van der Waals surface area contributed by atoms with Gasteiger partial charge in [0.05, 0.1) is 6.61 Å². The van der Waals surface area contributed by atoms with E-state index in [1.165, 1.54) is 30.4 Å². The molecule has 91 valence electrons. The van der Waals surface area contributed by atoms with Crippen LogP contribution in [0.25, 0.3) is 0 Å². The highest BCUT2D eigenvalue weighted by Crippen LogP contribution is 2.37. The molecule has 0 aliphatic heterocycles. The molecule has 0 saturated heterocycles. The summed E-state index contributed by atoms with van der Waals surface area (Å²) in [5.74, 6) is 0.573. The molecule has 0 amide bonds. The maximum atomic E-state index is 11.3. The molecule has 2 heteroatoms. The molecule has 1 fully saturated rings. The molecule has 1 aliphatic carbocycles. The Kier molecular flexibility index (Phi) is 4.18. The van der Waals surface area contributed by atoms with Gasteiger partial charge in [0.25, 0.3) is 0 Å². The van der Waals surface area contributed by atoms with E-state index >= 15 is 0 Å². The summed E-state index contributed by atoms with van der Waals surface area (Å²) in [5.41, 5.74) is 2.59. The molecule has 0 aromatic heterocycles. The number of benzene rings is 1. The van der Waals surface area contributed by atoms with Gasteiger partial charge in [-0.25, -0.2) is 0 Å². The lowest BCUT2D eigenvalue weighted by Crippen LogP contribution is -2.12. The molecule has 2 rings (SSSR count). The predicted octanol–water partition coefficient (Wildman–Crippen LogP) is 3.25. The number of aryl methyl sites for hydroxylation is 1. The monoisotopic (exact) mass is 231 g/mol. The first-order chi connectivity index (χ1) is 8.31. The molecule has 2 nitrogen and oxygen atoms in total. The predicted molar refractivity (Wildman–Crippen MR) is 66.8 cm³/mol. The Morgan fingerprint density at radius 2 is 2.35 bits per heavy atom. The molecule has 1 aliphatic rings. The Balaban J connectivity index is 1.97. The molecule has 0 atom stereocenters. The summed E-state index contributed by atoms with van der Waals surface area (Å²) in [6.45, 7) is 2.31. The average molecular weight is 231 g/mol. The number of carbonyl (C=O) groups excluding carboxylic acids is 1. The Bertz CT molecular complexity index is 380. The largest absolute Gasteiger partial charge is 0.466 e. The topological polar surface area (TPSA) is 26.3 Å². The molecular formula is C15H19O2. The zero-order chi connectivity index (χ0) is 12.1. The quantitative estimate of drug-likeness (QED) is 0.727. The van der Waals surface area contributed by atoms with Crippen molar-refractivity contribution in [2.45, 2.75) is 44.9 Å². The van der Waals surface area contributed by atoms with Crippen LogP contribution in [0.5, 0.6) is 0 Å². The van der Waals surface area contributed by atoms with Gasteiger partial charge >= 0.3 is 5.97 Å². The van der Waals surface area contributed by atoms with Crippen LogP contribution in [0.1, 0.15) is 49.7 Å². The standard InChI is InChI=1S/C15H19O2/c1-2-17-15(16)11-10-13-6-3-4-9-14(13)12-7-5-8-12/h3-4,6,12H,2,5,7-8,10-11H2,1H3. The van der Waals surface area contributed by atoms with Crippen LogP contribution >= 0.6 is 0 Å². The molecule has 1 aromatic carbocycles. The lowest BCUT2D eigenvalue weighted by Gasteiger charge is -2.27. The maximum Gasteiger partial charge on any atom is 0.306 e. The third-order valence-corrected chi connectivity index (χ3v) is 3.40. The van der Waals surface area contributed by atoms with Crippen LogP contribution in [0.15, 0.2) is 18.2 Å². The highest BCUT2D eigenvalue weighted by atomic mass is 16.5. The van der Waals surface area contributed by atoms with Crippen molar-refractivity contribution in [3.8, 4) is 0 Å². The van der Waals surface area contributed by atoms with Gasteiger partial charge in [-0.15, -0.1) is 0 Å². The molecule has 0 N–H and O–H groups in total. The zero-order valence-electron chi connectivity index (χ0n) is 10.4. The summed E-state index contributed by atoms with van der Waals surface area (Å²) >= 11 is 0. The highest BCUT2D eigenvalue weighted by molar-refractivity contribution is 5.69. The molecule has 1 saturated carbocycles. The minimum absolute atomic E-state index is 0.101. The molecule has 1 radical (unpaired) electrons. The molecule has 0 spiro atoms.